The minimum absolute atomic E-state index is 0.0359. The maximum atomic E-state index is 12.3. The fourth-order valence-corrected chi connectivity index (χ4v) is 3.37. The molecular formula is C20H22ClN7O4. The number of halogens is 1. The van der Waals surface area contributed by atoms with E-state index in [4.69, 9.17) is 25.8 Å². The van der Waals surface area contributed by atoms with Crippen LogP contribution < -0.4 is 9.64 Å². The van der Waals surface area contributed by atoms with Gasteiger partial charge in [-0.25, -0.2) is 9.48 Å². The van der Waals surface area contributed by atoms with Gasteiger partial charge in [0.15, 0.2) is 6.04 Å². The Morgan fingerprint density at radius 1 is 1.19 bits per heavy atom. The van der Waals surface area contributed by atoms with Crippen LogP contribution in [0.3, 0.4) is 0 Å². The number of rotatable bonds is 8. The van der Waals surface area contributed by atoms with Crippen molar-refractivity contribution in [3.8, 4) is 6.01 Å². The summed E-state index contributed by atoms with van der Waals surface area (Å²) in [6, 6.07) is 9.04. The number of hydrogen-bond acceptors (Lipinski definition) is 10. The molecule has 1 aliphatic heterocycles. The second-order valence-corrected chi connectivity index (χ2v) is 7.33. The molecule has 2 aromatic heterocycles. The number of benzene rings is 1. The second kappa shape index (κ2) is 10.3. The van der Waals surface area contributed by atoms with Gasteiger partial charge >= 0.3 is 12.0 Å². The maximum Gasteiger partial charge on any atom is 0.331 e. The van der Waals surface area contributed by atoms with Crippen molar-refractivity contribution in [3.63, 3.8) is 0 Å². The summed E-state index contributed by atoms with van der Waals surface area (Å²) in [6.45, 7) is 2.54. The van der Waals surface area contributed by atoms with Crippen LogP contribution in [-0.4, -0.2) is 69.3 Å². The fourth-order valence-electron chi connectivity index (χ4n) is 3.22. The molecule has 3 aromatic rings. The summed E-state index contributed by atoms with van der Waals surface area (Å²) in [5.41, 5.74) is 1.48. The highest BCUT2D eigenvalue weighted by Crippen LogP contribution is 2.18. The summed E-state index contributed by atoms with van der Waals surface area (Å²) >= 11 is 6.04. The molecule has 1 aliphatic rings. The van der Waals surface area contributed by atoms with E-state index in [2.05, 4.69) is 25.3 Å². The summed E-state index contributed by atoms with van der Waals surface area (Å²) < 4.78 is 17.4. The molecule has 3 heterocycles. The van der Waals surface area contributed by atoms with E-state index >= 15 is 0 Å². The van der Waals surface area contributed by atoms with Gasteiger partial charge in [-0.05, 0) is 17.2 Å². The van der Waals surface area contributed by atoms with E-state index in [0.717, 1.165) is 5.56 Å². The number of carbonyl (C=O) groups excluding carboxylic acids is 1. The van der Waals surface area contributed by atoms with E-state index in [-0.39, 0.29) is 17.9 Å². The lowest BCUT2D eigenvalue weighted by Crippen LogP contribution is -2.37. The smallest absolute Gasteiger partial charge is 0.331 e. The van der Waals surface area contributed by atoms with Crippen LogP contribution in [0.4, 0.5) is 5.95 Å². The minimum atomic E-state index is -0.650. The Morgan fingerprint density at radius 3 is 2.72 bits per heavy atom. The number of esters is 1. The van der Waals surface area contributed by atoms with Crippen molar-refractivity contribution in [2.45, 2.75) is 19.1 Å². The normalized spacial score (nSPS) is 14.8. The van der Waals surface area contributed by atoms with E-state index in [1.54, 1.807) is 6.20 Å². The van der Waals surface area contributed by atoms with Crippen molar-refractivity contribution < 1.29 is 19.0 Å². The molecule has 0 radical (unpaired) electrons. The zero-order valence-electron chi connectivity index (χ0n) is 17.4. The van der Waals surface area contributed by atoms with Crippen LogP contribution >= 0.6 is 11.6 Å². The Hall–Kier alpha value is -3.31. The van der Waals surface area contributed by atoms with E-state index in [0.29, 0.717) is 44.4 Å². The summed E-state index contributed by atoms with van der Waals surface area (Å²) in [6.07, 6.45) is 2.05. The quantitative estimate of drug-likeness (QED) is 0.458. The summed E-state index contributed by atoms with van der Waals surface area (Å²) in [4.78, 5) is 26.8. The van der Waals surface area contributed by atoms with Crippen LogP contribution in [0.15, 0.2) is 36.5 Å². The molecule has 11 nitrogen and oxygen atoms in total. The predicted octanol–water partition coefficient (Wildman–Crippen LogP) is 1.49. The van der Waals surface area contributed by atoms with E-state index in [1.165, 1.54) is 11.8 Å². The van der Waals surface area contributed by atoms with E-state index in [9.17, 15) is 4.79 Å². The average molecular weight is 460 g/mol. The van der Waals surface area contributed by atoms with Gasteiger partial charge in [0, 0.05) is 19.5 Å². The number of anilines is 1. The molecule has 1 saturated heterocycles. The highest BCUT2D eigenvalue weighted by molar-refractivity contribution is 6.28. The van der Waals surface area contributed by atoms with Crippen molar-refractivity contribution in [2.75, 3.05) is 38.3 Å². The number of carbonyl (C=O) groups is 1. The molecule has 1 aromatic carbocycles. The summed E-state index contributed by atoms with van der Waals surface area (Å²) in [5, 5.41) is 8.22. The van der Waals surface area contributed by atoms with Gasteiger partial charge in [0.2, 0.25) is 11.2 Å². The minimum Gasteiger partial charge on any atom is -0.467 e. The van der Waals surface area contributed by atoms with Gasteiger partial charge in [-0.3, -0.25) is 0 Å². The molecule has 0 spiro atoms. The first kappa shape index (κ1) is 21.9. The van der Waals surface area contributed by atoms with Crippen LogP contribution in [-0.2, 0) is 27.3 Å². The third-order valence-electron chi connectivity index (χ3n) is 4.84. The van der Waals surface area contributed by atoms with Crippen molar-refractivity contribution in [1.82, 2.24) is 29.9 Å². The molecule has 12 heteroatoms. The zero-order valence-corrected chi connectivity index (χ0v) is 18.2. The molecule has 0 bridgehead atoms. The van der Waals surface area contributed by atoms with Crippen molar-refractivity contribution >= 4 is 23.5 Å². The Labute approximate surface area is 189 Å². The fraction of sp³-hybridized carbons (Fsp3) is 0.400. The highest BCUT2D eigenvalue weighted by atomic mass is 35.5. The number of methoxy groups -OCH3 is 1. The third-order valence-corrected chi connectivity index (χ3v) is 5.01. The maximum absolute atomic E-state index is 12.3. The number of morpholine rings is 1. The summed E-state index contributed by atoms with van der Waals surface area (Å²) in [7, 11) is 1.35. The lowest BCUT2D eigenvalue weighted by molar-refractivity contribution is -0.144. The SMILES string of the molecule is COC(=O)[C@H](Cc1ccccc1)n1cc(COc2nc(Cl)nc(N3CCOCC3)n2)nn1. The molecular weight excluding hydrogens is 438 g/mol. The standard InChI is InChI=1S/C20H22ClN7O4/c1-30-17(29)16(11-14-5-3-2-4-6-14)28-12-15(25-26-28)13-32-20-23-18(21)22-19(24-20)27-7-9-31-10-8-27/h2-6,12,16H,7-11,13H2,1H3/t16-/m0/s1. The number of nitrogens with zero attached hydrogens (tertiary/aromatic N) is 7. The van der Waals surface area contributed by atoms with Crippen LogP contribution in [0, 0.1) is 0 Å². The van der Waals surface area contributed by atoms with Gasteiger partial charge in [-0.1, -0.05) is 35.5 Å². The Balaban J connectivity index is 1.44. The lowest BCUT2D eigenvalue weighted by atomic mass is 10.1. The monoisotopic (exact) mass is 459 g/mol. The van der Waals surface area contributed by atoms with Gasteiger partial charge in [0.05, 0.1) is 26.5 Å². The van der Waals surface area contributed by atoms with Crippen LogP contribution in [0.2, 0.25) is 5.28 Å². The molecule has 0 aliphatic carbocycles. The molecule has 168 valence electrons. The topological polar surface area (TPSA) is 117 Å². The first-order chi connectivity index (χ1) is 15.6. The summed E-state index contributed by atoms with van der Waals surface area (Å²) in [5.74, 6) is 0.0196. The van der Waals surface area contributed by atoms with Gasteiger partial charge in [0.25, 0.3) is 0 Å². The van der Waals surface area contributed by atoms with Crippen molar-refractivity contribution in [3.05, 3.63) is 53.1 Å². The Morgan fingerprint density at radius 2 is 1.97 bits per heavy atom. The molecule has 32 heavy (non-hydrogen) atoms. The second-order valence-electron chi connectivity index (χ2n) is 6.99. The molecule has 1 fully saturated rings. The van der Waals surface area contributed by atoms with Gasteiger partial charge < -0.3 is 19.1 Å². The van der Waals surface area contributed by atoms with Gasteiger partial charge in [-0.2, -0.15) is 15.0 Å². The molecule has 4 rings (SSSR count). The molecule has 0 unspecified atom stereocenters. The average Bonchev–Trinajstić information content (AvgIpc) is 3.30. The van der Waals surface area contributed by atoms with E-state index < -0.39 is 12.0 Å². The first-order valence-electron chi connectivity index (χ1n) is 10.0. The largest absolute Gasteiger partial charge is 0.467 e. The van der Waals surface area contributed by atoms with Crippen molar-refractivity contribution in [1.29, 1.82) is 0 Å². The van der Waals surface area contributed by atoms with Crippen molar-refractivity contribution in [2.24, 2.45) is 0 Å². The number of aromatic nitrogens is 6. The number of hydrogen-bond donors (Lipinski definition) is 0. The Kier molecular flexibility index (Phi) is 7.07. The van der Waals surface area contributed by atoms with Gasteiger partial charge in [-0.15, -0.1) is 5.10 Å². The van der Waals surface area contributed by atoms with E-state index in [1.807, 2.05) is 35.2 Å². The van der Waals surface area contributed by atoms with Gasteiger partial charge in [0.1, 0.15) is 12.3 Å². The van der Waals surface area contributed by atoms with Crippen LogP contribution in [0.25, 0.3) is 0 Å². The molecule has 0 amide bonds. The molecule has 1 atom stereocenters. The number of ether oxygens (including phenoxy) is 3. The lowest BCUT2D eigenvalue weighted by Gasteiger charge is -2.26. The highest BCUT2D eigenvalue weighted by Gasteiger charge is 2.24. The third kappa shape index (κ3) is 5.48. The predicted molar refractivity (Wildman–Crippen MR) is 113 cm³/mol. The molecule has 0 N–H and O–H groups in total. The first-order valence-corrected chi connectivity index (χ1v) is 10.4. The van der Waals surface area contributed by atoms with Crippen LogP contribution in [0.1, 0.15) is 17.3 Å². The van der Waals surface area contributed by atoms with Crippen LogP contribution in [0.5, 0.6) is 6.01 Å². The Bertz CT molecular complexity index is 1040. The zero-order chi connectivity index (χ0) is 22.3. The molecule has 0 saturated carbocycles.